The summed E-state index contributed by atoms with van der Waals surface area (Å²) in [7, 11) is -4.15. The fourth-order valence-corrected chi connectivity index (χ4v) is 5.18. The van der Waals surface area contributed by atoms with Crippen LogP contribution < -0.4 is 10.0 Å². The Labute approximate surface area is 211 Å². The number of carbonyl (C=O) groups is 2. The number of anilines is 2. The van der Waals surface area contributed by atoms with Gasteiger partial charge in [0, 0.05) is 28.7 Å². The second-order valence-electron chi connectivity index (χ2n) is 7.33. The topological polar surface area (TPSA) is 105 Å². The summed E-state index contributed by atoms with van der Waals surface area (Å²) in [6, 6.07) is 20.4. The number of hydrogen-bond donors (Lipinski definition) is 2. The number of aldehydes is 1. The van der Waals surface area contributed by atoms with Crippen LogP contribution in [0.2, 0.25) is 10.0 Å². The van der Waals surface area contributed by atoms with E-state index in [0.29, 0.717) is 33.8 Å². The Kier molecular flexibility index (Phi) is 7.16. The van der Waals surface area contributed by atoms with E-state index in [-0.39, 0.29) is 21.2 Å². The Hall–Kier alpha value is -3.72. The zero-order valence-corrected chi connectivity index (χ0v) is 20.2. The number of sulfonamides is 1. The molecule has 176 valence electrons. The maximum absolute atomic E-state index is 13.0. The van der Waals surface area contributed by atoms with E-state index < -0.39 is 15.9 Å². The molecule has 0 spiro atoms. The van der Waals surface area contributed by atoms with E-state index in [1.54, 1.807) is 48.7 Å². The van der Waals surface area contributed by atoms with Crippen molar-refractivity contribution in [1.82, 2.24) is 4.98 Å². The standard InChI is InChI=1S/C25H17Cl2N3O4S/c26-21-11-10-17(14-20(21)22-8-1-2-12-28-22)29-25(32)19-7-4-9-23(24(19)27)35(33,34)30-18-6-3-5-16(13-18)15-31/h1-15,30H,(H,29,32). The highest BCUT2D eigenvalue weighted by atomic mass is 35.5. The van der Waals surface area contributed by atoms with Crippen LogP contribution in [0.15, 0.2) is 90.0 Å². The number of nitrogens with one attached hydrogen (secondary N) is 2. The molecule has 35 heavy (non-hydrogen) atoms. The van der Waals surface area contributed by atoms with E-state index in [4.69, 9.17) is 23.2 Å². The molecular formula is C25H17Cl2N3O4S. The van der Waals surface area contributed by atoms with Crippen molar-refractivity contribution in [2.45, 2.75) is 4.90 Å². The van der Waals surface area contributed by atoms with E-state index in [0.717, 1.165) is 0 Å². The first-order valence-electron chi connectivity index (χ1n) is 10.2. The summed E-state index contributed by atoms with van der Waals surface area (Å²) in [6.45, 7) is 0. The first-order valence-corrected chi connectivity index (χ1v) is 12.4. The van der Waals surface area contributed by atoms with Gasteiger partial charge in [0.25, 0.3) is 15.9 Å². The molecule has 2 N–H and O–H groups in total. The molecule has 3 aromatic carbocycles. The Morgan fingerprint density at radius 2 is 1.69 bits per heavy atom. The predicted octanol–water partition coefficient (Wildman–Crippen LogP) is 5.92. The molecule has 0 unspecified atom stereocenters. The van der Waals surface area contributed by atoms with Gasteiger partial charge in [0.2, 0.25) is 0 Å². The molecule has 0 atom stereocenters. The van der Waals surface area contributed by atoms with Gasteiger partial charge < -0.3 is 5.32 Å². The number of nitrogens with zero attached hydrogens (tertiary/aromatic N) is 1. The van der Waals surface area contributed by atoms with Gasteiger partial charge in [0.1, 0.15) is 11.2 Å². The van der Waals surface area contributed by atoms with Crippen LogP contribution in [0.5, 0.6) is 0 Å². The lowest BCUT2D eigenvalue weighted by Crippen LogP contribution is -2.17. The third-order valence-electron chi connectivity index (χ3n) is 4.94. The molecular weight excluding hydrogens is 509 g/mol. The minimum atomic E-state index is -4.15. The molecule has 1 aromatic heterocycles. The van der Waals surface area contributed by atoms with Crippen LogP contribution in [0.3, 0.4) is 0 Å². The summed E-state index contributed by atoms with van der Waals surface area (Å²) >= 11 is 12.7. The lowest BCUT2D eigenvalue weighted by molar-refractivity contribution is 0.102. The van der Waals surface area contributed by atoms with Crippen LogP contribution in [-0.2, 0) is 10.0 Å². The van der Waals surface area contributed by atoms with Gasteiger partial charge in [-0.3, -0.25) is 19.3 Å². The summed E-state index contributed by atoms with van der Waals surface area (Å²) in [5.41, 5.74) is 2.12. The van der Waals surface area contributed by atoms with E-state index >= 15 is 0 Å². The number of carbonyl (C=O) groups excluding carboxylic acids is 2. The van der Waals surface area contributed by atoms with Crippen LogP contribution in [0.25, 0.3) is 11.3 Å². The average molecular weight is 526 g/mol. The number of amides is 1. The Bertz CT molecular complexity index is 1530. The minimum absolute atomic E-state index is 0.0366. The molecule has 0 aliphatic heterocycles. The third kappa shape index (κ3) is 5.51. The van der Waals surface area contributed by atoms with Gasteiger partial charge in [-0.2, -0.15) is 0 Å². The fourth-order valence-electron chi connectivity index (χ4n) is 3.30. The van der Waals surface area contributed by atoms with Crippen LogP contribution in [0, 0.1) is 0 Å². The van der Waals surface area contributed by atoms with Crippen LogP contribution in [0.1, 0.15) is 20.7 Å². The Balaban J connectivity index is 1.61. The Morgan fingerprint density at radius 1 is 0.886 bits per heavy atom. The second-order valence-corrected chi connectivity index (χ2v) is 9.77. The number of pyridine rings is 1. The van der Waals surface area contributed by atoms with Crippen molar-refractivity contribution in [3.63, 3.8) is 0 Å². The SMILES string of the molecule is O=Cc1cccc(NS(=O)(=O)c2cccc(C(=O)Nc3ccc(Cl)c(-c4ccccn4)c3)c2Cl)c1. The maximum Gasteiger partial charge on any atom is 0.263 e. The highest BCUT2D eigenvalue weighted by Crippen LogP contribution is 2.31. The van der Waals surface area contributed by atoms with Crippen LogP contribution in [0.4, 0.5) is 11.4 Å². The molecule has 0 aliphatic rings. The zero-order valence-electron chi connectivity index (χ0n) is 17.9. The number of hydrogen-bond acceptors (Lipinski definition) is 5. The smallest absolute Gasteiger partial charge is 0.263 e. The first-order chi connectivity index (χ1) is 16.8. The van der Waals surface area contributed by atoms with E-state index in [2.05, 4.69) is 15.0 Å². The highest BCUT2D eigenvalue weighted by molar-refractivity contribution is 7.92. The summed E-state index contributed by atoms with van der Waals surface area (Å²) < 4.78 is 28.3. The molecule has 4 aromatic rings. The van der Waals surface area contributed by atoms with Crippen molar-refractivity contribution in [3.05, 3.63) is 106 Å². The number of rotatable bonds is 7. The van der Waals surface area contributed by atoms with Gasteiger partial charge in [-0.15, -0.1) is 0 Å². The molecule has 0 saturated carbocycles. The van der Waals surface area contributed by atoms with Crippen molar-refractivity contribution in [1.29, 1.82) is 0 Å². The fraction of sp³-hybridized carbons (Fsp3) is 0. The lowest BCUT2D eigenvalue weighted by atomic mass is 10.1. The second kappa shape index (κ2) is 10.3. The summed E-state index contributed by atoms with van der Waals surface area (Å²) in [5, 5.41) is 2.92. The molecule has 0 saturated heterocycles. The largest absolute Gasteiger partial charge is 0.322 e. The number of halogens is 2. The highest BCUT2D eigenvalue weighted by Gasteiger charge is 2.23. The molecule has 1 heterocycles. The van der Waals surface area contributed by atoms with Gasteiger partial charge >= 0.3 is 0 Å². The number of benzene rings is 3. The van der Waals surface area contributed by atoms with Gasteiger partial charge in [0.15, 0.2) is 0 Å². The third-order valence-corrected chi connectivity index (χ3v) is 7.21. The predicted molar refractivity (Wildman–Crippen MR) is 137 cm³/mol. The Morgan fingerprint density at radius 3 is 2.43 bits per heavy atom. The molecule has 7 nitrogen and oxygen atoms in total. The molecule has 0 fully saturated rings. The quantitative estimate of drug-likeness (QED) is 0.291. The summed E-state index contributed by atoms with van der Waals surface area (Å²) in [6.07, 6.45) is 2.23. The minimum Gasteiger partial charge on any atom is -0.322 e. The van der Waals surface area contributed by atoms with Gasteiger partial charge in [-0.25, -0.2) is 8.42 Å². The summed E-state index contributed by atoms with van der Waals surface area (Å²) in [5.74, 6) is -0.607. The average Bonchev–Trinajstić information content (AvgIpc) is 2.85. The van der Waals surface area contributed by atoms with E-state index in [1.807, 2.05) is 6.07 Å². The van der Waals surface area contributed by atoms with E-state index in [9.17, 15) is 18.0 Å². The van der Waals surface area contributed by atoms with Gasteiger partial charge in [-0.05, 0) is 54.6 Å². The summed E-state index contributed by atoms with van der Waals surface area (Å²) in [4.78, 5) is 28.0. The molecule has 0 radical (unpaired) electrons. The molecule has 1 amide bonds. The molecule has 0 bridgehead atoms. The number of aromatic nitrogens is 1. The van der Waals surface area contributed by atoms with Crippen LogP contribution >= 0.6 is 23.2 Å². The van der Waals surface area contributed by atoms with E-state index in [1.165, 1.54) is 30.3 Å². The monoisotopic (exact) mass is 525 g/mol. The van der Waals surface area contributed by atoms with Crippen molar-refractivity contribution in [2.75, 3.05) is 10.0 Å². The van der Waals surface area contributed by atoms with Gasteiger partial charge in [-0.1, -0.05) is 47.5 Å². The normalized spacial score (nSPS) is 11.0. The molecule has 0 aliphatic carbocycles. The van der Waals surface area contributed by atoms with Crippen LogP contribution in [-0.4, -0.2) is 25.6 Å². The molecule has 10 heteroatoms. The van der Waals surface area contributed by atoms with Gasteiger partial charge in [0.05, 0.1) is 21.3 Å². The van der Waals surface area contributed by atoms with Crippen molar-refractivity contribution in [3.8, 4) is 11.3 Å². The van der Waals surface area contributed by atoms with Crippen molar-refractivity contribution >= 4 is 56.8 Å². The molecule has 4 rings (SSSR count). The lowest BCUT2D eigenvalue weighted by Gasteiger charge is -2.13. The van der Waals surface area contributed by atoms with Crippen molar-refractivity contribution < 1.29 is 18.0 Å². The van der Waals surface area contributed by atoms with Crippen molar-refractivity contribution in [2.24, 2.45) is 0 Å². The first kappa shape index (κ1) is 24.4. The zero-order chi connectivity index (χ0) is 25.0. The maximum atomic E-state index is 13.0.